The lowest BCUT2D eigenvalue weighted by Crippen LogP contribution is -2.27. The summed E-state index contributed by atoms with van der Waals surface area (Å²) in [5.74, 6) is 0.858. The van der Waals surface area contributed by atoms with Crippen molar-refractivity contribution in [2.24, 2.45) is 0 Å². The molecule has 0 bridgehead atoms. The monoisotopic (exact) mass is 371 g/mol. The lowest BCUT2D eigenvalue weighted by Gasteiger charge is -2.06. The summed E-state index contributed by atoms with van der Waals surface area (Å²) in [5, 5.41) is 3.96. The molecule has 136 valence electrons. The van der Waals surface area contributed by atoms with E-state index >= 15 is 0 Å². The summed E-state index contributed by atoms with van der Waals surface area (Å²) in [6.45, 7) is 4.17. The van der Waals surface area contributed by atoms with Crippen molar-refractivity contribution in [3.63, 3.8) is 0 Å². The van der Waals surface area contributed by atoms with Crippen LogP contribution in [0.1, 0.15) is 22.6 Å². The standard InChI is InChI=1S/C19H21N3O3S/c1-14-6-8-16(9-7-14)13-26(23,24)20-11-10-18-21-19(22-25-18)17-5-3-4-15(2)12-17/h3-9,12,20H,10-11,13H2,1-2H3. The fourth-order valence-electron chi connectivity index (χ4n) is 2.53. The fourth-order valence-corrected chi connectivity index (χ4v) is 3.67. The van der Waals surface area contributed by atoms with Gasteiger partial charge in [0.05, 0.1) is 5.75 Å². The van der Waals surface area contributed by atoms with Crippen molar-refractivity contribution in [2.75, 3.05) is 6.54 Å². The second-order valence-corrected chi connectivity index (χ2v) is 8.08. The molecule has 1 aromatic heterocycles. The molecule has 0 saturated carbocycles. The second kappa shape index (κ2) is 7.80. The van der Waals surface area contributed by atoms with Crippen molar-refractivity contribution < 1.29 is 12.9 Å². The van der Waals surface area contributed by atoms with Crippen LogP contribution in [0.15, 0.2) is 53.1 Å². The largest absolute Gasteiger partial charge is 0.339 e. The maximum Gasteiger partial charge on any atom is 0.228 e. The zero-order valence-electron chi connectivity index (χ0n) is 14.8. The molecule has 3 aromatic rings. The van der Waals surface area contributed by atoms with Crippen molar-refractivity contribution in [3.8, 4) is 11.4 Å². The number of nitrogens with one attached hydrogen (secondary N) is 1. The first-order chi connectivity index (χ1) is 12.4. The van der Waals surface area contributed by atoms with Crippen LogP contribution in [-0.4, -0.2) is 25.1 Å². The van der Waals surface area contributed by atoms with Gasteiger partial charge in [-0.25, -0.2) is 13.1 Å². The van der Waals surface area contributed by atoms with Crippen LogP contribution in [0.4, 0.5) is 0 Å². The molecule has 0 aliphatic heterocycles. The third-order valence-electron chi connectivity index (χ3n) is 3.88. The Hall–Kier alpha value is -2.51. The van der Waals surface area contributed by atoms with E-state index in [9.17, 15) is 8.42 Å². The first kappa shape index (κ1) is 18.3. The van der Waals surface area contributed by atoms with E-state index in [1.807, 2.05) is 62.4 Å². The Morgan fingerprint density at radius 1 is 1.04 bits per heavy atom. The molecular formula is C19H21N3O3S. The van der Waals surface area contributed by atoms with E-state index in [-0.39, 0.29) is 12.3 Å². The molecule has 0 spiro atoms. The minimum Gasteiger partial charge on any atom is -0.339 e. The Labute approximate surface area is 153 Å². The highest BCUT2D eigenvalue weighted by atomic mass is 32.2. The van der Waals surface area contributed by atoms with Gasteiger partial charge in [0.25, 0.3) is 0 Å². The van der Waals surface area contributed by atoms with Crippen LogP contribution in [-0.2, 0) is 22.2 Å². The van der Waals surface area contributed by atoms with Gasteiger partial charge in [-0.15, -0.1) is 0 Å². The molecule has 0 aliphatic rings. The summed E-state index contributed by atoms with van der Waals surface area (Å²) < 4.78 is 32.1. The molecule has 0 saturated heterocycles. The van der Waals surface area contributed by atoms with Gasteiger partial charge < -0.3 is 4.52 Å². The molecule has 0 radical (unpaired) electrons. The predicted octanol–water partition coefficient (Wildman–Crippen LogP) is 3.02. The van der Waals surface area contributed by atoms with Crippen LogP contribution < -0.4 is 4.72 Å². The van der Waals surface area contributed by atoms with Gasteiger partial charge in [-0.1, -0.05) is 58.7 Å². The summed E-state index contributed by atoms with van der Waals surface area (Å²) in [6.07, 6.45) is 0.339. The highest BCUT2D eigenvalue weighted by Gasteiger charge is 2.13. The third-order valence-corrected chi connectivity index (χ3v) is 5.24. The lowest BCUT2D eigenvalue weighted by molar-refractivity contribution is 0.379. The van der Waals surface area contributed by atoms with Crippen molar-refractivity contribution in [1.82, 2.24) is 14.9 Å². The van der Waals surface area contributed by atoms with Gasteiger partial charge in [-0.05, 0) is 25.5 Å². The average Bonchev–Trinajstić information content (AvgIpc) is 3.05. The van der Waals surface area contributed by atoms with Crippen molar-refractivity contribution >= 4 is 10.0 Å². The summed E-state index contributed by atoms with van der Waals surface area (Å²) in [5.41, 5.74) is 3.83. The Kier molecular flexibility index (Phi) is 5.49. The van der Waals surface area contributed by atoms with Crippen molar-refractivity contribution in [1.29, 1.82) is 0 Å². The highest BCUT2D eigenvalue weighted by Crippen LogP contribution is 2.17. The van der Waals surface area contributed by atoms with Crippen LogP contribution in [0.25, 0.3) is 11.4 Å². The van der Waals surface area contributed by atoms with Crippen LogP contribution >= 0.6 is 0 Å². The summed E-state index contributed by atoms with van der Waals surface area (Å²) >= 11 is 0. The SMILES string of the molecule is Cc1ccc(CS(=O)(=O)NCCc2nc(-c3cccc(C)c3)no2)cc1. The number of sulfonamides is 1. The van der Waals surface area contributed by atoms with Gasteiger partial charge in [0, 0.05) is 18.5 Å². The van der Waals surface area contributed by atoms with Crippen LogP contribution in [0.5, 0.6) is 0 Å². The maximum absolute atomic E-state index is 12.2. The number of benzene rings is 2. The summed E-state index contributed by atoms with van der Waals surface area (Å²) in [6, 6.07) is 15.2. The molecule has 1 heterocycles. The van der Waals surface area contributed by atoms with Crippen LogP contribution in [0.3, 0.4) is 0 Å². The average molecular weight is 371 g/mol. The predicted molar refractivity (Wildman–Crippen MR) is 100.0 cm³/mol. The van der Waals surface area contributed by atoms with E-state index < -0.39 is 10.0 Å². The minimum absolute atomic E-state index is 0.0499. The van der Waals surface area contributed by atoms with Crippen LogP contribution in [0.2, 0.25) is 0 Å². The normalized spacial score (nSPS) is 11.6. The molecule has 0 fully saturated rings. The molecule has 0 unspecified atom stereocenters. The zero-order chi connectivity index (χ0) is 18.6. The Bertz CT molecular complexity index is 979. The molecule has 0 atom stereocenters. The number of hydrogen-bond donors (Lipinski definition) is 1. The van der Waals surface area contributed by atoms with Gasteiger partial charge in [-0.2, -0.15) is 4.98 Å². The van der Waals surface area contributed by atoms with Gasteiger partial charge in [-0.3, -0.25) is 0 Å². The second-order valence-electron chi connectivity index (χ2n) is 6.27. The van der Waals surface area contributed by atoms with E-state index in [4.69, 9.17) is 4.52 Å². The molecule has 2 aromatic carbocycles. The number of aryl methyl sites for hydroxylation is 2. The van der Waals surface area contributed by atoms with Crippen molar-refractivity contribution in [2.45, 2.75) is 26.0 Å². The van der Waals surface area contributed by atoms with E-state index in [1.165, 1.54) is 0 Å². The van der Waals surface area contributed by atoms with E-state index in [0.29, 0.717) is 18.1 Å². The number of aromatic nitrogens is 2. The summed E-state index contributed by atoms with van der Waals surface area (Å²) in [4.78, 5) is 4.32. The summed E-state index contributed by atoms with van der Waals surface area (Å²) in [7, 11) is -3.41. The Morgan fingerprint density at radius 2 is 1.81 bits per heavy atom. The first-order valence-corrected chi connectivity index (χ1v) is 9.99. The fraction of sp³-hybridized carbons (Fsp3) is 0.263. The third kappa shape index (κ3) is 5.00. The quantitative estimate of drug-likeness (QED) is 0.690. The highest BCUT2D eigenvalue weighted by molar-refractivity contribution is 7.88. The number of nitrogens with zero attached hydrogens (tertiary/aromatic N) is 2. The molecule has 0 amide bonds. The molecule has 0 aliphatic carbocycles. The van der Waals surface area contributed by atoms with E-state index in [0.717, 1.165) is 22.3 Å². The molecular weight excluding hydrogens is 350 g/mol. The molecule has 1 N–H and O–H groups in total. The van der Waals surface area contributed by atoms with Crippen molar-refractivity contribution in [3.05, 3.63) is 71.1 Å². The molecule has 7 heteroatoms. The molecule has 6 nitrogen and oxygen atoms in total. The van der Waals surface area contributed by atoms with Gasteiger partial charge in [0.15, 0.2) is 0 Å². The maximum atomic E-state index is 12.2. The van der Waals surface area contributed by atoms with Gasteiger partial charge in [0.2, 0.25) is 21.7 Å². The topological polar surface area (TPSA) is 85.1 Å². The number of hydrogen-bond acceptors (Lipinski definition) is 5. The van der Waals surface area contributed by atoms with Crippen LogP contribution in [0, 0.1) is 13.8 Å². The van der Waals surface area contributed by atoms with E-state index in [2.05, 4.69) is 14.9 Å². The first-order valence-electron chi connectivity index (χ1n) is 8.34. The number of rotatable bonds is 7. The van der Waals surface area contributed by atoms with Gasteiger partial charge >= 0.3 is 0 Å². The Balaban J connectivity index is 1.55. The lowest BCUT2D eigenvalue weighted by atomic mass is 10.1. The minimum atomic E-state index is -3.41. The zero-order valence-corrected chi connectivity index (χ0v) is 15.6. The van der Waals surface area contributed by atoms with E-state index in [1.54, 1.807) is 0 Å². The van der Waals surface area contributed by atoms with Gasteiger partial charge in [0.1, 0.15) is 0 Å². The smallest absolute Gasteiger partial charge is 0.228 e. The molecule has 26 heavy (non-hydrogen) atoms. The Morgan fingerprint density at radius 3 is 2.54 bits per heavy atom. The molecule has 3 rings (SSSR count).